The Labute approximate surface area is 137 Å². The Hall–Kier alpha value is -1.98. The van der Waals surface area contributed by atoms with Gasteiger partial charge in [0.15, 0.2) is 0 Å². The van der Waals surface area contributed by atoms with Crippen molar-refractivity contribution in [2.45, 2.75) is 45.8 Å². The van der Waals surface area contributed by atoms with Gasteiger partial charge in [-0.25, -0.2) is 9.78 Å². The van der Waals surface area contributed by atoms with Crippen LogP contribution in [0.3, 0.4) is 0 Å². The van der Waals surface area contributed by atoms with Crippen LogP contribution in [-0.2, 0) is 11.2 Å². The molecule has 3 heterocycles. The van der Waals surface area contributed by atoms with Gasteiger partial charge in [-0.1, -0.05) is 0 Å². The standard InChI is InChI=1S/C17H26N4O2/c1-12-11-13-14(5-6-18-15(13)19-12)20-7-9-21(10-8-20)16(22)23-17(2,3)4/h5-6,12H,7-11H2,1-4H3,(H,18,19). The minimum absolute atomic E-state index is 0.215. The number of fused-ring (bicyclic) bond motifs is 1. The fourth-order valence-electron chi connectivity index (χ4n) is 3.15. The maximum Gasteiger partial charge on any atom is 0.410 e. The van der Waals surface area contributed by atoms with E-state index in [0.717, 1.165) is 25.3 Å². The Balaban J connectivity index is 1.64. The molecule has 1 saturated heterocycles. The highest BCUT2D eigenvalue weighted by atomic mass is 16.6. The number of carbonyl (C=O) groups excluding carboxylic acids is 1. The van der Waals surface area contributed by atoms with Crippen molar-refractivity contribution in [3.8, 4) is 0 Å². The minimum Gasteiger partial charge on any atom is -0.444 e. The Bertz CT molecular complexity index is 589. The van der Waals surface area contributed by atoms with E-state index in [1.165, 1.54) is 11.3 Å². The molecular formula is C17H26N4O2. The van der Waals surface area contributed by atoms with Crippen molar-refractivity contribution in [3.05, 3.63) is 17.8 Å². The molecule has 1 atom stereocenters. The molecule has 0 aromatic carbocycles. The van der Waals surface area contributed by atoms with Gasteiger partial charge in [0.05, 0.1) is 0 Å². The van der Waals surface area contributed by atoms with Crippen molar-refractivity contribution < 1.29 is 9.53 Å². The van der Waals surface area contributed by atoms with Crippen molar-refractivity contribution in [1.29, 1.82) is 0 Å². The predicted octanol–water partition coefficient (Wildman–Crippen LogP) is 2.50. The number of aromatic nitrogens is 1. The smallest absolute Gasteiger partial charge is 0.410 e. The molecule has 0 saturated carbocycles. The number of hydrogen-bond acceptors (Lipinski definition) is 5. The zero-order chi connectivity index (χ0) is 16.6. The summed E-state index contributed by atoms with van der Waals surface area (Å²) >= 11 is 0. The largest absolute Gasteiger partial charge is 0.444 e. The number of ether oxygens (including phenoxy) is 1. The van der Waals surface area contributed by atoms with Gasteiger partial charge < -0.3 is 19.9 Å². The van der Waals surface area contributed by atoms with Crippen LogP contribution in [0.15, 0.2) is 12.3 Å². The lowest BCUT2D eigenvalue weighted by Gasteiger charge is -2.37. The molecule has 23 heavy (non-hydrogen) atoms. The van der Waals surface area contributed by atoms with E-state index in [1.807, 2.05) is 27.0 Å². The molecule has 3 rings (SSSR count). The van der Waals surface area contributed by atoms with Crippen molar-refractivity contribution in [3.63, 3.8) is 0 Å². The van der Waals surface area contributed by atoms with Crippen molar-refractivity contribution >= 4 is 17.6 Å². The van der Waals surface area contributed by atoms with E-state index in [4.69, 9.17) is 4.74 Å². The average molecular weight is 318 g/mol. The lowest BCUT2D eigenvalue weighted by Crippen LogP contribution is -2.50. The van der Waals surface area contributed by atoms with Crippen molar-refractivity contribution in [1.82, 2.24) is 9.88 Å². The van der Waals surface area contributed by atoms with Gasteiger partial charge in [0.2, 0.25) is 0 Å². The van der Waals surface area contributed by atoms with Crippen molar-refractivity contribution in [2.24, 2.45) is 0 Å². The maximum absolute atomic E-state index is 12.2. The van der Waals surface area contributed by atoms with Crippen LogP contribution in [0.1, 0.15) is 33.3 Å². The molecule has 1 aromatic rings. The van der Waals surface area contributed by atoms with Crippen LogP contribution < -0.4 is 10.2 Å². The topological polar surface area (TPSA) is 57.7 Å². The molecule has 0 radical (unpaired) electrons. The lowest BCUT2D eigenvalue weighted by molar-refractivity contribution is 0.0240. The maximum atomic E-state index is 12.2. The molecule has 1 fully saturated rings. The minimum atomic E-state index is -0.443. The molecule has 1 N–H and O–H groups in total. The summed E-state index contributed by atoms with van der Waals surface area (Å²) in [4.78, 5) is 20.7. The van der Waals surface area contributed by atoms with Crippen LogP contribution >= 0.6 is 0 Å². The second-order valence-corrected chi connectivity index (χ2v) is 7.36. The summed E-state index contributed by atoms with van der Waals surface area (Å²) in [7, 11) is 0. The molecule has 1 unspecified atom stereocenters. The molecule has 1 amide bonds. The van der Waals surface area contributed by atoms with E-state index in [1.54, 1.807) is 4.90 Å². The van der Waals surface area contributed by atoms with E-state index < -0.39 is 5.60 Å². The summed E-state index contributed by atoms with van der Waals surface area (Å²) < 4.78 is 5.45. The van der Waals surface area contributed by atoms with Crippen LogP contribution in [0.2, 0.25) is 0 Å². The lowest BCUT2D eigenvalue weighted by atomic mass is 10.1. The highest BCUT2D eigenvalue weighted by Crippen LogP contribution is 2.32. The number of nitrogens with zero attached hydrogens (tertiary/aromatic N) is 3. The average Bonchev–Trinajstić information content (AvgIpc) is 2.85. The van der Waals surface area contributed by atoms with Gasteiger partial charge in [-0.2, -0.15) is 0 Å². The van der Waals surface area contributed by atoms with Crippen LogP contribution in [0, 0.1) is 0 Å². The molecular weight excluding hydrogens is 292 g/mol. The Kier molecular flexibility index (Phi) is 4.08. The van der Waals surface area contributed by atoms with Gasteiger partial charge in [0, 0.05) is 49.7 Å². The molecule has 2 aliphatic rings. The van der Waals surface area contributed by atoms with Crippen LogP contribution in [0.25, 0.3) is 0 Å². The Morgan fingerprint density at radius 2 is 2.00 bits per heavy atom. The number of anilines is 2. The number of nitrogens with one attached hydrogen (secondary N) is 1. The fourth-order valence-corrected chi connectivity index (χ4v) is 3.15. The zero-order valence-electron chi connectivity index (χ0n) is 14.4. The first kappa shape index (κ1) is 15.9. The molecule has 1 aromatic heterocycles. The number of carbonyl (C=O) groups is 1. The van der Waals surface area contributed by atoms with E-state index in [0.29, 0.717) is 19.1 Å². The normalized spacial score (nSPS) is 21.0. The van der Waals surface area contributed by atoms with Crippen LogP contribution in [-0.4, -0.2) is 53.8 Å². The van der Waals surface area contributed by atoms with Crippen LogP contribution in [0.4, 0.5) is 16.3 Å². The number of pyridine rings is 1. The van der Waals surface area contributed by atoms with E-state index >= 15 is 0 Å². The molecule has 0 bridgehead atoms. The number of hydrogen-bond donors (Lipinski definition) is 1. The van der Waals surface area contributed by atoms with Gasteiger partial charge in [0.25, 0.3) is 0 Å². The molecule has 2 aliphatic heterocycles. The Morgan fingerprint density at radius 1 is 1.30 bits per heavy atom. The van der Waals surface area contributed by atoms with Gasteiger partial charge in [-0.15, -0.1) is 0 Å². The van der Waals surface area contributed by atoms with Gasteiger partial charge in [0.1, 0.15) is 11.4 Å². The highest BCUT2D eigenvalue weighted by molar-refractivity contribution is 5.70. The van der Waals surface area contributed by atoms with Gasteiger partial charge >= 0.3 is 6.09 Å². The van der Waals surface area contributed by atoms with Crippen LogP contribution in [0.5, 0.6) is 0 Å². The fraction of sp³-hybridized carbons (Fsp3) is 0.647. The van der Waals surface area contributed by atoms with Crippen molar-refractivity contribution in [2.75, 3.05) is 36.4 Å². The molecule has 6 nitrogen and oxygen atoms in total. The Morgan fingerprint density at radius 3 is 2.65 bits per heavy atom. The third kappa shape index (κ3) is 3.51. The summed E-state index contributed by atoms with van der Waals surface area (Å²) in [6.07, 6.45) is 2.65. The molecule has 0 aliphatic carbocycles. The second kappa shape index (κ2) is 5.91. The number of piperazine rings is 1. The molecule has 126 valence electrons. The number of rotatable bonds is 1. The third-order valence-electron chi connectivity index (χ3n) is 4.20. The SMILES string of the molecule is CC1Cc2c(N3CCN(C(=O)OC(C)(C)C)CC3)ccnc2N1. The summed E-state index contributed by atoms with van der Waals surface area (Å²) in [6, 6.07) is 2.52. The quantitative estimate of drug-likeness (QED) is 0.862. The second-order valence-electron chi connectivity index (χ2n) is 7.36. The summed E-state index contributed by atoms with van der Waals surface area (Å²) in [5, 5.41) is 3.41. The first-order valence-corrected chi connectivity index (χ1v) is 8.31. The molecule has 6 heteroatoms. The first-order chi connectivity index (χ1) is 10.8. The first-order valence-electron chi connectivity index (χ1n) is 8.31. The van der Waals surface area contributed by atoms with E-state index in [-0.39, 0.29) is 6.09 Å². The summed E-state index contributed by atoms with van der Waals surface area (Å²) in [5.74, 6) is 1.00. The van der Waals surface area contributed by atoms with Gasteiger partial charge in [-0.3, -0.25) is 0 Å². The monoisotopic (exact) mass is 318 g/mol. The van der Waals surface area contributed by atoms with E-state index in [9.17, 15) is 4.79 Å². The predicted molar refractivity (Wildman–Crippen MR) is 91.0 cm³/mol. The van der Waals surface area contributed by atoms with Gasteiger partial charge in [-0.05, 0) is 40.2 Å². The third-order valence-corrected chi connectivity index (χ3v) is 4.20. The highest BCUT2D eigenvalue weighted by Gasteiger charge is 2.28. The summed E-state index contributed by atoms with van der Waals surface area (Å²) in [6.45, 7) is 10.9. The van der Waals surface area contributed by atoms with E-state index in [2.05, 4.69) is 28.2 Å². The zero-order valence-corrected chi connectivity index (χ0v) is 14.4. The molecule has 0 spiro atoms. The number of amides is 1. The summed E-state index contributed by atoms with van der Waals surface area (Å²) in [5.41, 5.74) is 2.10.